The Morgan fingerprint density at radius 2 is 1.90 bits per heavy atom. The molecule has 0 aromatic heterocycles. The highest BCUT2D eigenvalue weighted by Gasteiger charge is 2.18. The lowest BCUT2D eigenvalue weighted by atomic mass is 10.2. The molecule has 1 aromatic carbocycles. The number of benzene rings is 1. The maximum atomic E-state index is 11.7. The fourth-order valence-electron chi connectivity index (χ4n) is 1.48. The number of aliphatic hydroxyl groups excluding tert-OH is 1. The first-order chi connectivity index (χ1) is 9.95. The van der Waals surface area contributed by atoms with Crippen LogP contribution in [0.4, 0.5) is 5.69 Å². The van der Waals surface area contributed by atoms with Gasteiger partial charge >= 0.3 is 17.8 Å². The Hall–Kier alpha value is -2.41. The number of amides is 2. The largest absolute Gasteiger partial charge is 0.462 e. The normalized spacial score (nSPS) is 11.4. The van der Waals surface area contributed by atoms with E-state index in [1.807, 2.05) is 0 Å². The number of hydrogen-bond donors (Lipinski definition) is 3. The molecule has 1 atom stereocenters. The second kappa shape index (κ2) is 8.01. The molecule has 1 rings (SSSR count). The highest BCUT2D eigenvalue weighted by Crippen LogP contribution is 2.16. The van der Waals surface area contributed by atoms with E-state index in [1.54, 1.807) is 19.1 Å². The van der Waals surface area contributed by atoms with E-state index in [1.165, 1.54) is 19.1 Å². The van der Waals surface area contributed by atoms with Gasteiger partial charge in [-0.1, -0.05) is 12.1 Å². The van der Waals surface area contributed by atoms with E-state index in [0.717, 1.165) is 0 Å². The van der Waals surface area contributed by atoms with Crippen molar-refractivity contribution in [2.24, 2.45) is 0 Å². The number of carbonyl (C=O) groups excluding carboxylic acids is 3. The summed E-state index contributed by atoms with van der Waals surface area (Å²) in [7, 11) is 0. The molecule has 0 aliphatic rings. The van der Waals surface area contributed by atoms with Crippen LogP contribution in [-0.4, -0.2) is 42.1 Å². The Bertz CT molecular complexity index is 528. The molecule has 2 amide bonds. The van der Waals surface area contributed by atoms with Crippen LogP contribution < -0.4 is 10.6 Å². The lowest BCUT2D eigenvalue weighted by Crippen LogP contribution is -2.39. The molecular weight excluding hydrogens is 276 g/mol. The fraction of sp³-hybridized carbons (Fsp3) is 0.357. The molecule has 1 aromatic rings. The van der Waals surface area contributed by atoms with E-state index in [9.17, 15) is 14.4 Å². The maximum absolute atomic E-state index is 11.7. The van der Waals surface area contributed by atoms with Crippen molar-refractivity contribution >= 4 is 23.5 Å². The van der Waals surface area contributed by atoms with Gasteiger partial charge in [-0.2, -0.15) is 0 Å². The van der Waals surface area contributed by atoms with Crippen molar-refractivity contribution in [1.29, 1.82) is 0 Å². The minimum atomic E-state index is -0.924. The van der Waals surface area contributed by atoms with Gasteiger partial charge in [0, 0.05) is 6.54 Å². The van der Waals surface area contributed by atoms with Crippen molar-refractivity contribution in [1.82, 2.24) is 5.32 Å². The SMILES string of the molecule is CCOC(=O)c1ccccc1NC(=O)C(=O)NCC(C)O. The molecule has 0 bridgehead atoms. The van der Waals surface area contributed by atoms with Crippen LogP contribution in [0.15, 0.2) is 24.3 Å². The summed E-state index contributed by atoms with van der Waals surface area (Å²) in [6.45, 7) is 3.32. The van der Waals surface area contributed by atoms with Crippen molar-refractivity contribution < 1.29 is 24.2 Å². The van der Waals surface area contributed by atoms with Gasteiger partial charge in [-0.05, 0) is 26.0 Å². The third kappa shape index (κ3) is 5.23. The standard InChI is InChI=1S/C14H18N2O5/c1-3-21-14(20)10-6-4-5-7-11(10)16-13(19)12(18)15-8-9(2)17/h4-7,9,17H,3,8H2,1-2H3,(H,15,18)(H,16,19). The second-order valence-electron chi connectivity index (χ2n) is 4.28. The van der Waals surface area contributed by atoms with Crippen LogP contribution in [0.2, 0.25) is 0 Å². The molecule has 0 heterocycles. The monoisotopic (exact) mass is 294 g/mol. The number of ether oxygens (including phenoxy) is 1. The van der Waals surface area contributed by atoms with Crippen molar-refractivity contribution in [2.45, 2.75) is 20.0 Å². The molecule has 0 fully saturated rings. The van der Waals surface area contributed by atoms with Crippen LogP contribution in [0.3, 0.4) is 0 Å². The lowest BCUT2D eigenvalue weighted by molar-refractivity contribution is -0.136. The summed E-state index contributed by atoms with van der Waals surface area (Å²) < 4.78 is 4.87. The number of para-hydroxylation sites is 1. The van der Waals surface area contributed by atoms with Crippen LogP contribution in [-0.2, 0) is 14.3 Å². The molecule has 0 radical (unpaired) electrons. The third-order valence-electron chi connectivity index (χ3n) is 2.43. The molecule has 7 heteroatoms. The molecule has 1 unspecified atom stereocenters. The first kappa shape index (κ1) is 16.6. The van der Waals surface area contributed by atoms with Gasteiger partial charge in [0.2, 0.25) is 0 Å². The molecule has 0 saturated carbocycles. The first-order valence-corrected chi connectivity index (χ1v) is 6.49. The molecule has 3 N–H and O–H groups in total. The van der Waals surface area contributed by atoms with Gasteiger partial charge in [0.15, 0.2) is 0 Å². The summed E-state index contributed by atoms with van der Waals surface area (Å²) >= 11 is 0. The highest BCUT2D eigenvalue weighted by molar-refractivity contribution is 6.40. The highest BCUT2D eigenvalue weighted by atomic mass is 16.5. The van der Waals surface area contributed by atoms with E-state index in [2.05, 4.69) is 10.6 Å². The minimum absolute atomic E-state index is 0.0359. The molecule has 21 heavy (non-hydrogen) atoms. The van der Waals surface area contributed by atoms with E-state index < -0.39 is 23.9 Å². The zero-order valence-electron chi connectivity index (χ0n) is 11.9. The van der Waals surface area contributed by atoms with Crippen LogP contribution in [0, 0.1) is 0 Å². The number of aliphatic hydroxyl groups is 1. The predicted octanol–water partition coefficient (Wildman–Crippen LogP) is 0.299. The van der Waals surface area contributed by atoms with Gasteiger partial charge in [0.25, 0.3) is 0 Å². The Kier molecular flexibility index (Phi) is 6.35. The molecular formula is C14H18N2O5. The zero-order chi connectivity index (χ0) is 15.8. The van der Waals surface area contributed by atoms with Crippen LogP contribution in [0.1, 0.15) is 24.2 Å². The molecule has 0 saturated heterocycles. The fourth-order valence-corrected chi connectivity index (χ4v) is 1.48. The average molecular weight is 294 g/mol. The van der Waals surface area contributed by atoms with Crippen LogP contribution in [0.5, 0.6) is 0 Å². The maximum Gasteiger partial charge on any atom is 0.340 e. The zero-order valence-corrected chi connectivity index (χ0v) is 11.9. The van der Waals surface area contributed by atoms with Gasteiger partial charge in [-0.25, -0.2) is 4.79 Å². The smallest absolute Gasteiger partial charge is 0.340 e. The van der Waals surface area contributed by atoms with Crippen LogP contribution >= 0.6 is 0 Å². The van der Waals surface area contributed by atoms with Gasteiger partial charge in [0.05, 0.1) is 24.0 Å². The second-order valence-corrected chi connectivity index (χ2v) is 4.28. The topological polar surface area (TPSA) is 105 Å². The van der Waals surface area contributed by atoms with Crippen molar-refractivity contribution in [3.8, 4) is 0 Å². The lowest BCUT2D eigenvalue weighted by Gasteiger charge is -2.10. The number of esters is 1. The third-order valence-corrected chi connectivity index (χ3v) is 2.43. The Balaban J connectivity index is 2.76. The summed E-state index contributed by atoms with van der Waals surface area (Å²) in [4.78, 5) is 34.9. The Morgan fingerprint density at radius 3 is 2.52 bits per heavy atom. The van der Waals surface area contributed by atoms with Gasteiger partial charge < -0.3 is 20.5 Å². The Morgan fingerprint density at radius 1 is 1.24 bits per heavy atom. The number of rotatable bonds is 5. The quantitative estimate of drug-likeness (QED) is 0.535. The van der Waals surface area contributed by atoms with Gasteiger partial charge in [-0.3, -0.25) is 9.59 Å². The van der Waals surface area contributed by atoms with E-state index >= 15 is 0 Å². The van der Waals surface area contributed by atoms with Gasteiger partial charge in [0.1, 0.15) is 0 Å². The summed E-state index contributed by atoms with van der Waals surface area (Å²) in [6.07, 6.45) is -0.756. The predicted molar refractivity (Wildman–Crippen MR) is 75.7 cm³/mol. The molecule has 7 nitrogen and oxygen atoms in total. The molecule has 0 aliphatic carbocycles. The summed E-state index contributed by atoms with van der Waals surface area (Å²) in [5.41, 5.74) is 0.351. The average Bonchev–Trinajstić information content (AvgIpc) is 2.45. The van der Waals surface area contributed by atoms with E-state index in [-0.39, 0.29) is 24.4 Å². The first-order valence-electron chi connectivity index (χ1n) is 6.49. The molecule has 114 valence electrons. The number of hydrogen-bond acceptors (Lipinski definition) is 5. The molecule has 0 aliphatic heterocycles. The van der Waals surface area contributed by atoms with Crippen molar-refractivity contribution in [3.63, 3.8) is 0 Å². The summed E-state index contributed by atoms with van der Waals surface area (Å²) in [5.74, 6) is -2.40. The molecule has 0 spiro atoms. The number of nitrogens with one attached hydrogen (secondary N) is 2. The van der Waals surface area contributed by atoms with Crippen molar-refractivity contribution in [3.05, 3.63) is 29.8 Å². The van der Waals surface area contributed by atoms with Crippen LogP contribution in [0.25, 0.3) is 0 Å². The number of anilines is 1. The summed E-state index contributed by atoms with van der Waals surface area (Å²) in [6, 6.07) is 6.22. The Labute approximate surface area is 122 Å². The van der Waals surface area contributed by atoms with E-state index in [0.29, 0.717) is 0 Å². The van der Waals surface area contributed by atoms with E-state index in [4.69, 9.17) is 9.84 Å². The van der Waals surface area contributed by atoms with Gasteiger partial charge in [-0.15, -0.1) is 0 Å². The summed E-state index contributed by atoms with van der Waals surface area (Å²) in [5, 5.41) is 13.6. The number of carbonyl (C=O) groups is 3. The minimum Gasteiger partial charge on any atom is -0.462 e. The van der Waals surface area contributed by atoms with Crippen molar-refractivity contribution in [2.75, 3.05) is 18.5 Å².